The molecule has 8 heteroatoms. The highest BCUT2D eigenvalue weighted by Gasteiger charge is 2.37. The summed E-state index contributed by atoms with van der Waals surface area (Å²) >= 11 is 0. The maximum Gasteiger partial charge on any atom is 0.417 e. The van der Waals surface area contributed by atoms with E-state index in [-0.39, 0.29) is 0 Å². The lowest BCUT2D eigenvalue weighted by Crippen LogP contribution is -2.15. The molecule has 0 fully saturated rings. The third kappa shape index (κ3) is 3.11. The van der Waals surface area contributed by atoms with Gasteiger partial charge in [-0.25, -0.2) is 8.78 Å². The number of hydrogen-bond acceptors (Lipinski definition) is 2. The van der Waals surface area contributed by atoms with E-state index >= 15 is 0 Å². The summed E-state index contributed by atoms with van der Waals surface area (Å²) in [5.41, 5.74) is -3.71. The molecule has 0 radical (unpaired) electrons. The van der Waals surface area contributed by atoms with Crippen molar-refractivity contribution in [3.8, 4) is 0 Å². The van der Waals surface area contributed by atoms with E-state index in [1.54, 1.807) is 0 Å². The predicted molar refractivity (Wildman–Crippen MR) is 45.5 cm³/mol. The van der Waals surface area contributed by atoms with Crippen molar-refractivity contribution >= 4 is 5.97 Å². The lowest BCUT2D eigenvalue weighted by molar-refractivity contribution is -0.140. The Labute approximate surface area is 91.9 Å². The molecule has 0 atom stereocenters. The van der Waals surface area contributed by atoms with Gasteiger partial charge in [0.15, 0.2) is 0 Å². The van der Waals surface area contributed by atoms with Crippen LogP contribution in [0.1, 0.15) is 23.2 Å². The number of nitrogens with zero attached hydrogens (tertiary/aromatic N) is 1. The topological polar surface area (TPSA) is 50.2 Å². The molecular weight excluding hydrogens is 249 g/mol. The summed E-state index contributed by atoms with van der Waals surface area (Å²) < 4.78 is 62.3. The van der Waals surface area contributed by atoms with Crippen LogP contribution in [0.4, 0.5) is 22.0 Å². The highest BCUT2D eigenvalue weighted by Crippen LogP contribution is 2.37. The first-order valence-electron chi connectivity index (χ1n) is 4.28. The normalized spacial score (nSPS) is 11.9. The number of hydrogen-bond donors (Lipinski definition) is 1. The Bertz CT molecular complexity index is 430. The molecule has 1 heterocycles. The number of carboxylic acids is 1. The van der Waals surface area contributed by atoms with Gasteiger partial charge >= 0.3 is 12.1 Å². The minimum absolute atomic E-state index is 0.396. The molecule has 1 N–H and O–H groups in total. The Morgan fingerprint density at radius 3 is 2.41 bits per heavy atom. The summed E-state index contributed by atoms with van der Waals surface area (Å²) in [6, 6.07) is 0.396. The largest absolute Gasteiger partial charge is 0.481 e. The van der Waals surface area contributed by atoms with Crippen LogP contribution in [-0.4, -0.2) is 16.1 Å². The van der Waals surface area contributed by atoms with E-state index in [0.717, 1.165) is 0 Å². The molecule has 94 valence electrons. The molecule has 0 spiro atoms. The molecule has 1 rings (SSSR count). The molecular formula is C9H6F5NO2. The van der Waals surface area contributed by atoms with Crippen LogP contribution >= 0.6 is 0 Å². The summed E-state index contributed by atoms with van der Waals surface area (Å²) in [6.07, 6.45) is -8.73. The van der Waals surface area contributed by atoms with E-state index < -0.39 is 41.8 Å². The predicted octanol–water partition coefficient (Wildman–Crippen LogP) is 2.67. The third-order valence-electron chi connectivity index (χ3n) is 1.91. The molecule has 0 amide bonds. The zero-order chi connectivity index (χ0) is 13.2. The van der Waals surface area contributed by atoms with Gasteiger partial charge in [-0.3, -0.25) is 9.78 Å². The van der Waals surface area contributed by atoms with Crippen molar-refractivity contribution in [2.24, 2.45) is 0 Å². The van der Waals surface area contributed by atoms with Crippen LogP contribution < -0.4 is 0 Å². The first kappa shape index (κ1) is 13.3. The standard InChI is InChI=1S/C9H6F5NO2/c10-8(11)7-4(9(12,13)14)1-2-15-5(7)3-6(16)17/h1-2,8H,3H2,(H,16,17). The molecule has 0 saturated heterocycles. The molecule has 0 unspecified atom stereocenters. The molecule has 0 aliphatic rings. The smallest absolute Gasteiger partial charge is 0.417 e. The highest BCUT2D eigenvalue weighted by molar-refractivity contribution is 5.70. The number of carbonyl (C=O) groups is 1. The Morgan fingerprint density at radius 2 is 2.00 bits per heavy atom. The van der Waals surface area contributed by atoms with Crippen molar-refractivity contribution < 1.29 is 31.9 Å². The highest BCUT2D eigenvalue weighted by atomic mass is 19.4. The SMILES string of the molecule is O=C(O)Cc1nccc(C(F)(F)F)c1C(F)F. The Balaban J connectivity index is 3.37. The fraction of sp³-hybridized carbons (Fsp3) is 0.333. The molecule has 0 saturated carbocycles. The van der Waals surface area contributed by atoms with E-state index in [1.165, 1.54) is 0 Å². The van der Waals surface area contributed by atoms with Crippen molar-refractivity contribution in [1.29, 1.82) is 0 Å². The van der Waals surface area contributed by atoms with E-state index in [9.17, 15) is 26.7 Å². The number of carboxylic acid groups (broad SMARTS) is 1. The summed E-state index contributed by atoms with van der Waals surface area (Å²) in [6.45, 7) is 0. The van der Waals surface area contributed by atoms with Gasteiger partial charge in [0, 0.05) is 6.20 Å². The van der Waals surface area contributed by atoms with Crippen LogP contribution in [0.15, 0.2) is 12.3 Å². The molecule has 0 aromatic carbocycles. The minimum Gasteiger partial charge on any atom is -0.481 e. The first-order chi connectivity index (χ1) is 7.73. The van der Waals surface area contributed by atoms with E-state index in [2.05, 4.69) is 4.98 Å². The summed E-state index contributed by atoms with van der Waals surface area (Å²) in [5.74, 6) is -1.53. The molecule has 1 aromatic rings. The first-order valence-corrected chi connectivity index (χ1v) is 4.28. The molecule has 3 nitrogen and oxygen atoms in total. The van der Waals surface area contributed by atoms with Gasteiger partial charge in [0.25, 0.3) is 6.43 Å². The van der Waals surface area contributed by atoms with Gasteiger partial charge < -0.3 is 5.11 Å². The number of halogens is 5. The molecule has 0 aliphatic heterocycles. The van der Waals surface area contributed by atoms with Gasteiger partial charge in [0.05, 0.1) is 23.2 Å². The lowest BCUT2D eigenvalue weighted by atomic mass is 10.0. The average molecular weight is 255 g/mol. The second kappa shape index (κ2) is 4.64. The zero-order valence-corrected chi connectivity index (χ0v) is 8.13. The van der Waals surface area contributed by atoms with E-state index in [0.29, 0.717) is 12.3 Å². The maximum atomic E-state index is 12.5. The number of aliphatic carboxylic acids is 1. The van der Waals surface area contributed by atoms with Crippen molar-refractivity contribution in [2.45, 2.75) is 19.0 Å². The van der Waals surface area contributed by atoms with Gasteiger partial charge in [-0.15, -0.1) is 0 Å². The average Bonchev–Trinajstić information content (AvgIpc) is 2.14. The second-order valence-electron chi connectivity index (χ2n) is 3.09. The summed E-state index contributed by atoms with van der Waals surface area (Å²) in [7, 11) is 0. The Kier molecular flexibility index (Phi) is 3.64. The quantitative estimate of drug-likeness (QED) is 0.845. The summed E-state index contributed by atoms with van der Waals surface area (Å²) in [5, 5.41) is 8.40. The van der Waals surface area contributed by atoms with E-state index in [4.69, 9.17) is 5.11 Å². The van der Waals surface area contributed by atoms with Crippen molar-refractivity contribution in [3.63, 3.8) is 0 Å². The van der Waals surface area contributed by atoms with Crippen molar-refractivity contribution in [3.05, 3.63) is 29.1 Å². The van der Waals surface area contributed by atoms with Gasteiger partial charge in [0.2, 0.25) is 0 Å². The monoisotopic (exact) mass is 255 g/mol. The van der Waals surface area contributed by atoms with Crippen LogP contribution in [-0.2, 0) is 17.4 Å². The number of aromatic nitrogens is 1. The number of alkyl halides is 5. The van der Waals surface area contributed by atoms with Crippen molar-refractivity contribution in [1.82, 2.24) is 4.98 Å². The molecule has 1 aromatic heterocycles. The lowest BCUT2D eigenvalue weighted by Gasteiger charge is -2.14. The van der Waals surface area contributed by atoms with Crippen LogP contribution in [0.2, 0.25) is 0 Å². The van der Waals surface area contributed by atoms with Gasteiger partial charge in [0.1, 0.15) is 0 Å². The van der Waals surface area contributed by atoms with Crippen LogP contribution in [0.5, 0.6) is 0 Å². The van der Waals surface area contributed by atoms with Crippen LogP contribution in [0.25, 0.3) is 0 Å². The molecule has 17 heavy (non-hydrogen) atoms. The van der Waals surface area contributed by atoms with Crippen LogP contribution in [0, 0.1) is 0 Å². The summed E-state index contributed by atoms with van der Waals surface area (Å²) in [4.78, 5) is 13.6. The second-order valence-corrected chi connectivity index (χ2v) is 3.09. The minimum atomic E-state index is -4.97. The maximum absolute atomic E-state index is 12.5. The molecule has 0 aliphatic carbocycles. The zero-order valence-electron chi connectivity index (χ0n) is 8.13. The Morgan fingerprint density at radius 1 is 1.41 bits per heavy atom. The number of rotatable bonds is 3. The van der Waals surface area contributed by atoms with E-state index in [1.807, 2.05) is 0 Å². The van der Waals surface area contributed by atoms with Gasteiger partial charge in [-0.05, 0) is 6.07 Å². The fourth-order valence-corrected chi connectivity index (χ4v) is 1.29. The Hall–Kier alpha value is -1.73. The fourth-order valence-electron chi connectivity index (χ4n) is 1.29. The van der Waals surface area contributed by atoms with Crippen LogP contribution in [0.3, 0.4) is 0 Å². The van der Waals surface area contributed by atoms with Crippen molar-refractivity contribution in [2.75, 3.05) is 0 Å². The molecule has 0 bridgehead atoms. The van der Waals surface area contributed by atoms with Gasteiger partial charge in [-0.1, -0.05) is 0 Å². The number of pyridine rings is 1. The van der Waals surface area contributed by atoms with Gasteiger partial charge in [-0.2, -0.15) is 13.2 Å². The third-order valence-corrected chi connectivity index (χ3v) is 1.91.